The number of methoxy groups -OCH3 is 1. The van der Waals surface area contributed by atoms with E-state index >= 15 is 0 Å². The predicted octanol–water partition coefficient (Wildman–Crippen LogP) is 2.73. The Bertz CT molecular complexity index is 610. The van der Waals surface area contributed by atoms with Crippen LogP contribution >= 0.6 is 0 Å². The van der Waals surface area contributed by atoms with Gasteiger partial charge in [-0.3, -0.25) is 0 Å². The van der Waals surface area contributed by atoms with Gasteiger partial charge >= 0.3 is 5.97 Å². The van der Waals surface area contributed by atoms with Crippen molar-refractivity contribution in [1.29, 1.82) is 0 Å². The van der Waals surface area contributed by atoms with Crippen LogP contribution in [0.5, 0.6) is 11.6 Å². The molecule has 2 rings (SSSR count). The molecule has 1 aromatic carbocycles. The van der Waals surface area contributed by atoms with E-state index in [1.54, 1.807) is 31.4 Å². The van der Waals surface area contributed by atoms with Gasteiger partial charge in [-0.25, -0.2) is 9.78 Å². The number of aromatic carboxylic acids is 1. The average Bonchev–Trinajstić information content (AvgIpc) is 2.43. The minimum Gasteiger partial charge on any atom is -0.497 e. The fraction of sp³-hybridized carbons (Fsp3) is 0.286. The van der Waals surface area contributed by atoms with Gasteiger partial charge in [0, 0.05) is 5.39 Å². The number of carboxylic acids is 1. The quantitative estimate of drug-likeness (QED) is 0.896. The number of hydrogen-bond acceptors (Lipinski definition) is 4. The molecule has 0 aliphatic rings. The molecular weight excluding hydrogens is 246 g/mol. The molecule has 0 aliphatic heterocycles. The number of pyridine rings is 1. The van der Waals surface area contributed by atoms with Crippen molar-refractivity contribution in [2.75, 3.05) is 13.7 Å². The molecule has 0 saturated carbocycles. The average molecular weight is 261 g/mol. The van der Waals surface area contributed by atoms with Gasteiger partial charge in [-0.15, -0.1) is 0 Å². The molecule has 0 spiro atoms. The standard InChI is InChI=1S/C14H15NO4/c1-3-6-19-13-11(14(16)17)8-9-7-10(18-2)4-5-12(9)15-13/h4-5,7-8H,3,6H2,1-2H3,(H,16,17). The van der Waals surface area contributed by atoms with Crippen molar-refractivity contribution in [2.45, 2.75) is 13.3 Å². The van der Waals surface area contributed by atoms with Gasteiger partial charge in [0.15, 0.2) is 0 Å². The lowest BCUT2D eigenvalue weighted by molar-refractivity contribution is 0.0691. The predicted molar refractivity (Wildman–Crippen MR) is 71.0 cm³/mol. The molecule has 0 saturated heterocycles. The van der Waals surface area contributed by atoms with E-state index in [1.807, 2.05) is 6.92 Å². The minimum atomic E-state index is -1.05. The number of carboxylic acid groups (broad SMARTS) is 1. The van der Waals surface area contributed by atoms with Gasteiger partial charge < -0.3 is 14.6 Å². The van der Waals surface area contributed by atoms with Gasteiger partial charge in [0.2, 0.25) is 5.88 Å². The lowest BCUT2D eigenvalue weighted by atomic mass is 10.1. The molecule has 0 radical (unpaired) electrons. The highest BCUT2D eigenvalue weighted by Crippen LogP contribution is 2.25. The Hall–Kier alpha value is -2.30. The van der Waals surface area contributed by atoms with E-state index in [0.717, 1.165) is 6.42 Å². The molecule has 0 aliphatic carbocycles. The maximum Gasteiger partial charge on any atom is 0.341 e. The number of hydrogen-bond donors (Lipinski definition) is 1. The third kappa shape index (κ3) is 2.76. The zero-order valence-corrected chi connectivity index (χ0v) is 10.8. The summed E-state index contributed by atoms with van der Waals surface area (Å²) in [5.74, 6) is -0.233. The smallest absolute Gasteiger partial charge is 0.341 e. The van der Waals surface area contributed by atoms with Gasteiger partial charge in [-0.2, -0.15) is 0 Å². The molecular formula is C14H15NO4. The minimum absolute atomic E-state index is 0.0641. The van der Waals surface area contributed by atoms with Crippen LogP contribution in [0, 0.1) is 0 Å². The number of benzene rings is 1. The van der Waals surface area contributed by atoms with Crippen molar-refractivity contribution in [3.63, 3.8) is 0 Å². The Kier molecular flexibility index (Phi) is 3.85. The van der Waals surface area contributed by atoms with E-state index in [1.165, 1.54) is 0 Å². The SMILES string of the molecule is CCCOc1nc2ccc(OC)cc2cc1C(=O)O. The van der Waals surface area contributed by atoms with Crippen molar-refractivity contribution in [2.24, 2.45) is 0 Å². The second kappa shape index (κ2) is 5.56. The zero-order valence-electron chi connectivity index (χ0n) is 10.8. The number of ether oxygens (including phenoxy) is 2. The van der Waals surface area contributed by atoms with Gasteiger partial charge in [0.1, 0.15) is 11.3 Å². The Labute approximate surface area is 110 Å². The summed E-state index contributed by atoms with van der Waals surface area (Å²) in [6.07, 6.45) is 0.793. The van der Waals surface area contributed by atoms with E-state index in [0.29, 0.717) is 23.3 Å². The summed E-state index contributed by atoms with van der Waals surface area (Å²) in [6, 6.07) is 6.86. The fourth-order valence-corrected chi connectivity index (χ4v) is 1.73. The topological polar surface area (TPSA) is 68.7 Å². The molecule has 0 fully saturated rings. The molecule has 5 heteroatoms. The number of nitrogens with zero attached hydrogens (tertiary/aromatic N) is 1. The summed E-state index contributed by atoms with van der Waals surface area (Å²) in [5.41, 5.74) is 0.742. The van der Waals surface area contributed by atoms with Crippen LogP contribution < -0.4 is 9.47 Å². The molecule has 1 aromatic heterocycles. The maximum atomic E-state index is 11.2. The number of fused-ring (bicyclic) bond motifs is 1. The Morgan fingerprint density at radius 3 is 2.79 bits per heavy atom. The van der Waals surface area contributed by atoms with Crippen molar-refractivity contribution in [3.8, 4) is 11.6 Å². The van der Waals surface area contributed by atoms with Gasteiger partial charge in [0.05, 0.1) is 19.2 Å². The number of aromatic nitrogens is 1. The first-order valence-electron chi connectivity index (χ1n) is 6.00. The lowest BCUT2D eigenvalue weighted by Gasteiger charge is -2.09. The normalized spacial score (nSPS) is 10.4. The first-order chi connectivity index (χ1) is 9.15. The third-order valence-electron chi connectivity index (χ3n) is 2.66. The van der Waals surface area contributed by atoms with Crippen LogP contribution in [0.4, 0.5) is 0 Å². The highest BCUT2D eigenvalue weighted by Gasteiger charge is 2.15. The molecule has 19 heavy (non-hydrogen) atoms. The second-order valence-electron chi connectivity index (χ2n) is 4.05. The van der Waals surface area contributed by atoms with Crippen LogP contribution in [0.2, 0.25) is 0 Å². The third-order valence-corrected chi connectivity index (χ3v) is 2.66. The first-order valence-corrected chi connectivity index (χ1v) is 6.00. The van der Waals surface area contributed by atoms with Crippen LogP contribution in [0.25, 0.3) is 10.9 Å². The lowest BCUT2D eigenvalue weighted by Crippen LogP contribution is -2.06. The summed E-state index contributed by atoms with van der Waals surface area (Å²) in [4.78, 5) is 15.5. The van der Waals surface area contributed by atoms with Crippen LogP contribution in [0.3, 0.4) is 0 Å². The summed E-state index contributed by atoms with van der Waals surface area (Å²) < 4.78 is 10.5. The van der Waals surface area contributed by atoms with Gasteiger partial charge in [0.25, 0.3) is 0 Å². The first kappa shape index (κ1) is 13.1. The second-order valence-corrected chi connectivity index (χ2v) is 4.05. The highest BCUT2D eigenvalue weighted by atomic mass is 16.5. The Morgan fingerprint density at radius 2 is 2.16 bits per heavy atom. The highest BCUT2D eigenvalue weighted by molar-refractivity contribution is 5.95. The van der Waals surface area contributed by atoms with Crippen molar-refractivity contribution in [3.05, 3.63) is 29.8 Å². The summed E-state index contributed by atoms with van der Waals surface area (Å²) >= 11 is 0. The molecule has 0 atom stereocenters. The molecule has 0 amide bonds. The molecule has 0 bridgehead atoms. The number of carbonyl (C=O) groups is 1. The van der Waals surface area contributed by atoms with Crippen LogP contribution in [0.15, 0.2) is 24.3 Å². The molecule has 5 nitrogen and oxygen atoms in total. The molecule has 0 unspecified atom stereocenters. The van der Waals surface area contributed by atoms with Crippen molar-refractivity contribution in [1.82, 2.24) is 4.98 Å². The van der Waals surface area contributed by atoms with Crippen LogP contribution in [-0.4, -0.2) is 29.8 Å². The van der Waals surface area contributed by atoms with E-state index in [4.69, 9.17) is 9.47 Å². The van der Waals surface area contributed by atoms with Crippen molar-refractivity contribution >= 4 is 16.9 Å². The molecule has 1 N–H and O–H groups in total. The Balaban J connectivity index is 2.55. The van der Waals surface area contributed by atoms with Gasteiger partial charge in [-0.05, 0) is 30.7 Å². The summed E-state index contributed by atoms with van der Waals surface area (Å²) in [7, 11) is 1.56. The van der Waals surface area contributed by atoms with Crippen LogP contribution in [0.1, 0.15) is 23.7 Å². The van der Waals surface area contributed by atoms with E-state index in [-0.39, 0.29) is 11.4 Å². The fourth-order valence-electron chi connectivity index (χ4n) is 1.73. The maximum absolute atomic E-state index is 11.2. The van der Waals surface area contributed by atoms with Gasteiger partial charge in [-0.1, -0.05) is 6.92 Å². The van der Waals surface area contributed by atoms with Crippen LogP contribution in [-0.2, 0) is 0 Å². The van der Waals surface area contributed by atoms with Crippen molar-refractivity contribution < 1.29 is 19.4 Å². The Morgan fingerprint density at radius 1 is 1.37 bits per heavy atom. The monoisotopic (exact) mass is 261 g/mol. The molecule has 1 heterocycles. The summed E-state index contributed by atoms with van der Waals surface area (Å²) in [5, 5.41) is 9.91. The van der Waals surface area contributed by atoms with E-state index in [2.05, 4.69) is 4.98 Å². The molecule has 2 aromatic rings. The molecule has 100 valence electrons. The number of rotatable bonds is 5. The zero-order chi connectivity index (χ0) is 13.8. The van der Waals surface area contributed by atoms with E-state index < -0.39 is 5.97 Å². The largest absolute Gasteiger partial charge is 0.497 e. The summed E-state index contributed by atoms with van der Waals surface area (Å²) in [6.45, 7) is 2.39. The van der Waals surface area contributed by atoms with E-state index in [9.17, 15) is 9.90 Å².